The molecule has 0 spiro atoms. The fraction of sp³-hybridized carbons (Fsp3) is 0.500. The van der Waals surface area contributed by atoms with E-state index in [-0.39, 0.29) is 53.6 Å². The Labute approximate surface area is 306 Å². The van der Waals surface area contributed by atoms with Crippen LogP contribution in [0.5, 0.6) is 6.01 Å². The highest BCUT2D eigenvalue weighted by molar-refractivity contribution is 6.36. The van der Waals surface area contributed by atoms with E-state index in [0.717, 1.165) is 37.6 Å². The van der Waals surface area contributed by atoms with Crippen molar-refractivity contribution in [3.05, 3.63) is 53.4 Å². The van der Waals surface area contributed by atoms with Crippen LogP contribution in [-0.2, 0) is 9.47 Å². The van der Waals surface area contributed by atoms with Gasteiger partial charge in [-0.25, -0.2) is 14.0 Å². The number of aromatic nitrogens is 3. The normalized spacial score (nSPS) is 24.4. The summed E-state index contributed by atoms with van der Waals surface area (Å²) in [5, 5.41) is 5.05. The molecule has 4 fully saturated rings. The number of alkyl carbamates (subject to hydrolysis) is 1. The van der Waals surface area contributed by atoms with E-state index in [4.69, 9.17) is 35.8 Å². The number of nitrogens with one attached hydrogen (secondary N) is 1. The van der Waals surface area contributed by atoms with Crippen LogP contribution in [0.2, 0.25) is 5.02 Å². The summed E-state index contributed by atoms with van der Waals surface area (Å²) in [7, 11) is 1.55. The third-order valence-electron chi connectivity index (χ3n) is 10.9. The molecule has 2 amide bonds. The van der Waals surface area contributed by atoms with Crippen molar-refractivity contribution in [3.63, 3.8) is 0 Å². The summed E-state index contributed by atoms with van der Waals surface area (Å²) in [6, 6.07) is 11.0. The Bertz CT molecular complexity index is 2040. The van der Waals surface area contributed by atoms with E-state index in [1.54, 1.807) is 19.3 Å². The summed E-state index contributed by atoms with van der Waals surface area (Å²) in [4.78, 5) is 45.8. The number of hydrogen-bond acceptors (Lipinski definition) is 10. The quantitative estimate of drug-likeness (QED) is 0.233. The average Bonchev–Trinajstić information content (AvgIpc) is 3.74. The molecule has 0 aliphatic carbocycles. The molecule has 2 bridgehead atoms. The number of fused-ring (bicyclic) bond motifs is 5. The summed E-state index contributed by atoms with van der Waals surface area (Å²) in [6.45, 7) is 8.30. The molecule has 4 atom stereocenters. The molecule has 0 saturated carbocycles. The van der Waals surface area contributed by atoms with E-state index < -0.39 is 17.5 Å². The molecule has 4 aliphatic rings. The highest BCUT2D eigenvalue weighted by atomic mass is 35.5. The predicted octanol–water partition coefficient (Wildman–Crippen LogP) is 6.57. The van der Waals surface area contributed by atoms with Gasteiger partial charge < -0.3 is 24.4 Å². The van der Waals surface area contributed by atoms with Crippen LogP contribution in [0.25, 0.3) is 32.9 Å². The van der Waals surface area contributed by atoms with Crippen LogP contribution in [0.3, 0.4) is 0 Å². The van der Waals surface area contributed by atoms with E-state index in [0.29, 0.717) is 53.2 Å². The van der Waals surface area contributed by atoms with Crippen molar-refractivity contribution in [2.75, 3.05) is 44.7 Å². The van der Waals surface area contributed by atoms with E-state index >= 15 is 4.39 Å². The molecular weight excluding hydrogens is 689 g/mol. The number of anilines is 1. The maximum Gasteiger partial charge on any atom is 0.410 e. The fourth-order valence-corrected chi connectivity index (χ4v) is 8.93. The Morgan fingerprint density at radius 1 is 1.08 bits per heavy atom. The van der Waals surface area contributed by atoms with Crippen molar-refractivity contribution in [1.29, 1.82) is 0 Å². The Morgan fingerprint density at radius 2 is 1.83 bits per heavy atom. The van der Waals surface area contributed by atoms with Crippen molar-refractivity contribution >= 4 is 51.3 Å². The Balaban J connectivity index is 1.17. The third kappa shape index (κ3) is 6.21. The summed E-state index contributed by atoms with van der Waals surface area (Å²) in [6.07, 6.45) is 4.68. The number of nitrogens with zero attached hydrogens (tertiary/aromatic N) is 6. The number of carbonyl (C=O) groups is 2. The first-order valence-corrected chi connectivity index (χ1v) is 18.4. The SMILES string of the molecule is CNC(=O)O[C@@H]1CN2CCCC2(COc2nc(N3CC4CCC(C3)N4C(=O)OC(C)(C)C)c3cnc(-c4cccc5cccc(Cl)c45)c(F)c3n2)C1. The van der Waals surface area contributed by atoms with E-state index in [1.807, 2.05) is 56.0 Å². The van der Waals surface area contributed by atoms with E-state index in [9.17, 15) is 9.59 Å². The average molecular weight is 732 g/mol. The number of rotatable bonds is 6. The Morgan fingerprint density at radius 3 is 2.56 bits per heavy atom. The molecule has 1 N–H and O–H groups in total. The molecule has 4 aromatic rings. The maximum atomic E-state index is 17.0. The molecule has 8 rings (SSSR count). The van der Waals surface area contributed by atoms with Gasteiger partial charge in [-0.15, -0.1) is 0 Å². The van der Waals surface area contributed by atoms with Crippen LogP contribution in [0.1, 0.15) is 52.9 Å². The van der Waals surface area contributed by atoms with Crippen molar-refractivity contribution < 1.29 is 28.2 Å². The second-order valence-corrected chi connectivity index (χ2v) is 15.8. The predicted molar refractivity (Wildman–Crippen MR) is 195 cm³/mol. The highest BCUT2D eigenvalue weighted by Gasteiger charge is 2.51. The van der Waals surface area contributed by atoms with Gasteiger partial charge in [-0.05, 0) is 64.5 Å². The number of amides is 2. The standard InChI is InChI=1S/C38H43ClFN7O5/c1-37(2,3)52-36(49)47-23-12-13-24(47)19-45(18-23)33-27-17-42-31(26-10-5-8-22-9-6-11-28(39)29(22)26)30(40)32(27)43-34(44-33)50-21-38-14-7-15-46(38)20-25(16-38)51-35(48)41-4/h5-6,8-11,17,23-25H,7,12-16,18-21H2,1-4H3,(H,41,48)/t23?,24?,25-,38?/m0/s1. The van der Waals surface area contributed by atoms with Crippen LogP contribution in [-0.4, -0.2) is 106 Å². The number of hydrogen-bond donors (Lipinski definition) is 1. The minimum atomic E-state index is -0.611. The molecular formula is C38H43ClFN7O5. The maximum absolute atomic E-state index is 17.0. The van der Waals surface area contributed by atoms with Gasteiger partial charge in [0.05, 0.1) is 23.0 Å². The summed E-state index contributed by atoms with van der Waals surface area (Å²) < 4.78 is 34.8. The first-order valence-electron chi connectivity index (χ1n) is 18.0. The molecule has 12 nitrogen and oxygen atoms in total. The number of carbonyl (C=O) groups excluding carboxylic acids is 2. The van der Waals surface area contributed by atoms with Crippen LogP contribution >= 0.6 is 11.6 Å². The molecule has 6 heterocycles. The number of pyridine rings is 1. The zero-order valence-corrected chi connectivity index (χ0v) is 30.6. The lowest BCUT2D eigenvalue weighted by Gasteiger charge is -2.42. The zero-order chi connectivity index (χ0) is 36.4. The molecule has 52 heavy (non-hydrogen) atoms. The first kappa shape index (κ1) is 34.6. The number of piperazine rings is 1. The lowest BCUT2D eigenvalue weighted by molar-refractivity contribution is 0.0122. The molecule has 2 aromatic carbocycles. The van der Waals surface area contributed by atoms with Gasteiger partial charge in [0.2, 0.25) is 0 Å². The molecule has 0 radical (unpaired) electrons. The second kappa shape index (κ2) is 13.2. The smallest absolute Gasteiger partial charge is 0.410 e. The third-order valence-corrected chi connectivity index (χ3v) is 11.2. The van der Waals surface area contributed by atoms with Crippen LogP contribution in [0, 0.1) is 5.82 Å². The minimum Gasteiger partial charge on any atom is -0.461 e. The lowest BCUT2D eigenvalue weighted by atomic mass is 9.94. The van der Waals surface area contributed by atoms with Gasteiger partial charge in [0.25, 0.3) is 0 Å². The number of halogens is 2. The second-order valence-electron chi connectivity index (χ2n) is 15.4. The zero-order valence-electron chi connectivity index (χ0n) is 29.8. The van der Waals surface area contributed by atoms with E-state index in [1.165, 1.54) is 0 Å². The minimum absolute atomic E-state index is 0.0494. The van der Waals surface area contributed by atoms with Crippen molar-refractivity contribution in [2.24, 2.45) is 0 Å². The van der Waals surface area contributed by atoms with Gasteiger partial charge in [-0.3, -0.25) is 14.8 Å². The molecule has 2 aromatic heterocycles. The molecule has 4 saturated heterocycles. The largest absolute Gasteiger partial charge is 0.461 e. The van der Waals surface area contributed by atoms with Gasteiger partial charge in [-0.2, -0.15) is 9.97 Å². The highest BCUT2D eigenvalue weighted by Crippen LogP contribution is 2.42. The molecule has 4 aliphatic heterocycles. The molecule has 14 heteroatoms. The summed E-state index contributed by atoms with van der Waals surface area (Å²) in [5.74, 6) is -0.1000. The number of ether oxygens (including phenoxy) is 3. The Kier molecular flexibility index (Phi) is 8.76. The molecule has 274 valence electrons. The van der Waals surface area contributed by atoms with Crippen molar-refractivity contribution in [1.82, 2.24) is 30.1 Å². The molecule has 3 unspecified atom stereocenters. The van der Waals surface area contributed by atoms with Crippen molar-refractivity contribution in [2.45, 2.75) is 82.2 Å². The van der Waals surface area contributed by atoms with Gasteiger partial charge in [0.1, 0.15) is 35.3 Å². The fourth-order valence-electron chi connectivity index (χ4n) is 8.65. The topological polar surface area (TPSA) is 122 Å². The van der Waals surface area contributed by atoms with E-state index in [2.05, 4.69) is 20.1 Å². The summed E-state index contributed by atoms with van der Waals surface area (Å²) in [5.41, 5.74) is -0.203. The lowest BCUT2D eigenvalue weighted by Crippen LogP contribution is -2.57. The van der Waals surface area contributed by atoms with Gasteiger partial charge in [0.15, 0.2) is 5.82 Å². The van der Waals surface area contributed by atoms with Gasteiger partial charge in [0, 0.05) is 55.3 Å². The Hall–Kier alpha value is -4.49. The van der Waals surface area contributed by atoms with Gasteiger partial charge in [-0.1, -0.05) is 41.9 Å². The van der Waals surface area contributed by atoms with Crippen molar-refractivity contribution in [3.8, 4) is 17.3 Å². The first-order chi connectivity index (χ1) is 24.9. The number of benzene rings is 2. The van der Waals surface area contributed by atoms with Crippen LogP contribution in [0.4, 0.5) is 19.8 Å². The summed E-state index contributed by atoms with van der Waals surface area (Å²) >= 11 is 6.66. The van der Waals surface area contributed by atoms with Crippen LogP contribution < -0.4 is 15.0 Å². The van der Waals surface area contributed by atoms with Crippen LogP contribution in [0.15, 0.2) is 42.6 Å². The monoisotopic (exact) mass is 731 g/mol. The van der Waals surface area contributed by atoms with Gasteiger partial charge >= 0.3 is 18.2 Å².